The lowest BCUT2D eigenvalue weighted by atomic mass is 10.0. The maximum atomic E-state index is 15.1. The van der Waals surface area contributed by atoms with Crippen molar-refractivity contribution in [3.63, 3.8) is 0 Å². The standard InChI is InChI=1S/C25H28F2N6O3/c1-13(2)36-21-6-3-14(26)22(23(21)27)17-5-4-16(29)24(31-17)25(35)32-18-11-30-9-7-19(18)33-10-8-15(28)20(34)12-33/h3-7,9,11,13,15,20,34H,8,10,12,28-29H2,1-2H3,(H,32,35). The number of pyridine rings is 2. The summed E-state index contributed by atoms with van der Waals surface area (Å²) in [5.41, 5.74) is 12.2. The summed E-state index contributed by atoms with van der Waals surface area (Å²) >= 11 is 0. The van der Waals surface area contributed by atoms with E-state index in [2.05, 4.69) is 15.3 Å². The first kappa shape index (κ1) is 25.3. The van der Waals surface area contributed by atoms with E-state index in [1.54, 1.807) is 26.1 Å². The Kier molecular flexibility index (Phi) is 7.32. The Bertz CT molecular complexity index is 1270. The van der Waals surface area contributed by atoms with Crippen molar-refractivity contribution in [1.29, 1.82) is 0 Å². The molecular formula is C25H28F2N6O3. The van der Waals surface area contributed by atoms with Crippen molar-refractivity contribution >= 4 is 23.0 Å². The SMILES string of the molecule is CC(C)Oc1ccc(F)c(-c2ccc(N)c(C(=O)Nc3cnccc3N3CCC(N)C(O)C3)n2)c1F. The number of aromatic nitrogens is 2. The van der Waals surface area contributed by atoms with Crippen LogP contribution in [0.5, 0.6) is 5.75 Å². The Balaban J connectivity index is 1.65. The molecule has 0 aliphatic carbocycles. The van der Waals surface area contributed by atoms with Crippen LogP contribution < -0.4 is 26.4 Å². The van der Waals surface area contributed by atoms with E-state index in [0.29, 0.717) is 24.3 Å². The molecular weight excluding hydrogens is 470 g/mol. The smallest absolute Gasteiger partial charge is 0.276 e. The van der Waals surface area contributed by atoms with Gasteiger partial charge >= 0.3 is 0 Å². The normalized spacial score (nSPS) is 17.8. The topological polar surface area (TPSA) is 140 Å². The number of nitrogens with two attached hydrogens (primary N) is 2. The summed E-state index contributed by atoms with van der Waals surface area (Å²) < 4.78 is 35.2. The number of benzene rings is 1. The molecule has 0 spiro atoms. The highest BCUT2D eigenvalue weighted by Crippen LogP contribution is 2.33. The Hall–Kier alpha value is -3.83. The minimum atomic E-state index is -0.927. The molecule has 1 aliphatic rings. The van der Waals surface area contributed by atoms with Gasteiger partial charge in [-0.3, -0.25) is 9.78 Å². The molecule has 3 heterocycles. The molecule has 36 heavy (non-hydrogen) atoms. The fourth-order valence-corrected chi connectivity index (χ4v) is 4.01. The van der Waals surface area contributed by atoms with Gasteiger partial charge in [-0.05, 0) is 50.6 Å². The van der Waals surface area contributed by atoms with Crippen LogP contribution in [0.2, 0.25) is 0 Å². The van der Waals surface area contributed by atoms with Crippen LogP contribution in [0.15, 0.2) is 42.7 Å². The zero-order valence-corrected chi connectivity index (χ0v) is 19.9. The molecule has 4 rings (SSSR count). The molecule has 9 nitrogen and oxygen atoms in total. The van der Waals surface area contributed by atoms with E-state index in [9.17, 15) is 14.3 Å². The molecule has 0 saturated carbocycles. The number of piperidine rings is 1. The van der Waals surface area contributed by atoms with Crippen LogP contribution in [0.25, 0.3) is 11.3 Å². The van der Waals surface area contributed by atoms with Crippen LogP contribution in [0, 0.1) is 11.6 Å². The fraction of sp³-hybridized carbons (Fsp3) is 0.320. The first-order chi connectivity index (χ1) is 17.2. The van der Waals surface area contributed by atoms with Crippen molar-refractivity contribution in [1.82, 2.24) is 9.97 Å². The molecule has 190 valence electrons. The third-order valence-electron chi connectivity index (χ3n) is 5.84. The van der Waals surface area contributed by atoms with Crippen molar-refractivity contribution in [2.24, 2.45) is 5.73 Å². The van der Waals surface area contributed by atoms with Crippen LogP contribution in [0.3, 0.4) is 0 Å². The van der Waals surface area contributed by atoms with Gasteiger partial charge in [0, 0.05) is 25.3 Å². The van der Waals surface area contributed by atoms with Gasteiger partial charge in [0.15, 0.2) is 17.3 Å². The van der Waals surface area contributed by atoms with Crippen LogP contribution >= 0.6 is 0 Å². The quantitative estimate of drug-likeness (QED) is 0.407. The Morgan fingerprint density at radius 1 is 1.25 bits per heavy atom. The molecule has 3 aromatic rings. The second kappa shape index (κ2) is 10.4. The zero-order chi connectivity index (χ0) is 26.0. The van der Waals surface area contributed by atoms with E-state index >= 15 is 4.39 Å². The lowest BCUT2D eigenvalue weighted by Crippen LogP contribution is -2.50. The van der Waals surface area contributed by atoms with Crippen molar-refractivity contribution in [2.45, 2.75) is 38.5 Å². The summed E-state index contributed by atoms with van der Waals surface area (Å²) in [6.45, 7) is 4.31. The lowest BCUT2D eigenvalue weighted by molar-refractivity contribution is 0.102. The number of nitrogens with one attached hydrogen (secondary N) is 1. The van der Waals surface area contributed by atoms with Crippen LogP contribution in [0.4, 0.5) is 25.8 Å². The van der Waals surface area contributed by atoms with Crippen LogP contribution in [0.1, 0.15) is 30.8 Å². The summed E-state index contributed by atoms with van der Waals surface area (Å²) in [6.07, 6.45) is 2.55. The number of carbonyl (C=O) groups is 1. The highest BCUT2D eigenvalue weighted by Gasteiger charge is 2.27. The van der Waals surface area contributed by atoms with Gasteiger partial charge in [-0.1, -0.05) is 0 Å². The summed E-state index contributed by atoms with van der Waals surface area (Å²) in [6, 6.07) is 6.36. The molecule has 1 aromatic carbocycles. The van der Waals surface area contributed by atoms with Gasteiger partial charge in [-0.15, -0.1) is 0 Å². The van der Waals surface area contributed by atoms with E-state index in [0.717, 1.165) is 6.07 Å². The number of aliphatic hydroxyl groups excluding tert-OH is 1. The number of rotatable bonds is 6. The number of amides is 1. The second-order valence-corrected chi connectivity index (χ2v) is 8.85. The van der Waals surface area contributed by atoms with E-state index in [1.165, 1.54) is 24.4 Å². The van der Waals surface area contributed by atoms with Crippen LogP contribution in [-0.2, 0) is 0 Å². The number of hydrogen-bond donors (Lipinski definition) is 4. The minimum Gasteiger partial charge on any atom is -0.488 e. The maximum Gasteiger partial charge on any atom is 0.276 e. The Morgan fingerprint density at radius 3 is 2.75 bits per heavy atom. The predicted molar refractivity (Wildman–Crippen MR) is 133 cm³/mol. The van der Waals surface area contributed by atoms with Gasteiger partial charge in [0.2, 0.25) is 0 Å². The number of carbonyl (C=O) groups excluding carboxylic acids is 1. The first-order valence-corrected chi connectivity index (χ1v) is 11.5. The molecule has 1 aliphatic heterocycles. The molecule has 0 radical (unpaired) electrons. The van der Waals surface area contributed by atoms with Gasteiger partial charge in [0.1, 0.15) is 5.82 Å². The van der Waals surface area contributed by atoms with Gasteiger partial charge < -0.3 is 31.5 Å². The Labute approximate surface area is 207 Å². The van der Waals surface area contributed by atoms with Crippen molar-refractivity contribution < 1.29 is 23.4 Å². The van der Waals surface area contributed by atoms with Gasteiger partial charge in [0.05, 0.1) is 46.7 Å². The molecule has 11 heteroatoms. The van der Waals surface area contributed by atoms with E-state index in [1.807, 2.05) is 4.90 Å². The number of anilines is 3. The summed E-state index contributed by atoms with van der Waals surface area (Å²) in [4.78, 5) is 23.3. The fourth-order valence-electron chi connectivity index (χ4n) is 4.01. The third-order valence-corrected chi connectivity index (χ3v) is 5.84. The monoisotopic (exact) mass is 498 g/mol. The average Bonchev–Trinajstić information content (AvgIpc) is 2.84. The van der Waals surface area contributed by atoms with E-state index < -0.39 is 29.2 Å². The van der Waals surface area contributed by atoms with Crippen LogP contribution in [-0.4, -0.2) is 52.3 Å². The molecule has 1 fully saturated rings. The zero-order valence-electron chi connectivity index (χ0n) is 19.9. The number of aliphatic hydroxyl groups is 1. The van der Waals surface area contributed by atoms with E-state index in [-0.39, 0.29) is 41.5 Å². The summed E-state index contributed by atoms with van der Waals surface area (Å²) in [7, 11) is 0. The molecule has 2 aromatic heterocycles. The van der Waals surface area contributed by atoms with Gasteiger partial charge in [0.25, 0.3) is 5.91 Å². The van der Waals surface area contributed by atoms with Crippen molar-refractivity contribution in [3.05, 3.63) is 60.1 Å². The number of nitrogen functional groups attached to an aromatic ring is 1. The number of β-amino-alcohol motifs (C(OH)–C–C–N with tert-alkyl or cyclic N) is 1. The van der Waals surface area contributed by atoms with Gasteiger partial charge in [-0.2, -0.15) is 0 Å². The molecule has 2 atom stereocenters. The highest BCUT2D eigenvalue weighted by atomic mass is 19.1. The highest BCUT2D eigenvalue weighted by molar-refractivity contribution is 6.08. The average molecular weight is 499 g/mol. The van der Waals surface area contributed by atoms with Crippen molar-refractivity contribution in [2.75, 3.05) is 29.0 Å². The molecule has 1 saturated heterocycles. The number of nitrogens with zero attached hydrogens (tertiary/aromatic N) is 3. The molecule has 2 unspecified atom stereocenters. The largest absolute Gasteiger partial charge is 0.488 e. The summed E-state index contributed by atoms with van der Waals surface area (Å²) in [5, 5.41) is 12.9. The number of hydrogen-bond acceptors (Lipinski definition) is 8. The Morgan fingerprint density at radius 2 is 2.03 bits per heavy atom. The van der Waals surface area contributed by atoms with E-state index in [4.69, 9.17) is 16.2 Å². The lowest BCUT2D eigenvalue weighted by Gasteiger charge is -2.36. The number of ether oxygens (including phenoxy) is 1. The minimum absolute atomic E-state index is 0.0245. The van der Waals surface area contributed by atoms with Gasteiger partial charge in [-0.25, -0.2) is 13.8 Å². The molecule has 0 bridgehead atoms. The number of halogens is 2. The second-order valence-electron chi connectivity index (χ2n) is 8.85. The van der Waals surface area contributed by atoms with Crippen molar-refractivity contribution in [3.8, 4) is 17.0 Å². The maximum absolute atomic E-state index is 15.1. The molecule has 6 N–H and O–H groups in total. The predicted octanol–water partition coefficient (Wildman–Crippen LogP) is 2.94. The third kappa shape index (κ3) is 5.21. The molecule has 1 amide bonds. The summed E-state index contributed by atoms with van der Waals surface area (Å²) in [5.74, 6) is -2.60. The first-order valence-electron chi connectivity index (χ1n) is 11.5.